The third-order valence-corrected chi connectivity index (χ3v) is 11.7. The summed E-state index contributed by atoms with van der Waals surface area (Å²) in [4.78, 5) is 12.1. The van der Waals surface area contributed by atoms with E-state index in [1.165, 1.54) is 53.7 Å². The van der Waals surface area contributed by atoms with Gasteiger partial charge in [0.1, 0.15) is 40.2 Å². The second-order valence-electron chi connectivity index (χ2n) is 9.85. The molecule has 210 valence electrons. The molecule has 4 aromatic carbocycles. The number of hydrogen-bond acceptors (Lipinski definition) is 4. The fraction of sp³-hybridized carbons (Fsp3) is 0.265. The number of phenolic OH excluding ortho intramolecular Hbond substituents is 2. The highest BCUT2D eigenvalue weighted by Gasteiger charge is 2.44. The van der Waals surface area contributed by atoms with Crippen LogP contribution in [0.25, 0.3) is 0 Å². The van der Waals surface area contributed by atoms with E-state index in [1.54, 1.807) is 0 Å². The summed E-state index contributed by atoms with van der Waals surface area (Å²) in [5.74, 6) is -0.912. The lowest BCUT2D eigenvalue weighted by Crippen LogP contribution is -3.00. The van der Waals surface area contributed by atoms with E-state index in [0.29, 0.717) is 6.61 Å². The lowest BCUT2D eigenvalue weighted by Gasteiger charge is -2.27. The Morgan fingerprint density at radius 3 is 1.52 bits per heavy atom. The number of aromatic hydroxyl groups is 2. The Bertz CT molecular complexity index is 1200. The van der Waals surface area contributed by atoms with Crippen molar-refractivity contribution in [1.29, 1.82) is 0 Å². The smallest absolute Gasteiger partial charge is 0.341 e. The number of carbonyl (C=O) groups excluding carboxylic acids is 1. The van der Waals surface area contributed by atoms with Gasteiger partial charge in [-0.25, -0.2) is 4.79 Å². The second-order valence-corrected chi connectivity index (χ2v) is 13.5. The first-order chi connectivity index (χ1) is 19.1. The normalized spacial score (nSPS) is 11.0. The largest absolute Gasteiger partial charge is 1.00 e. The monoisotopic (exact) mass is 620 g/mol. The summed E-state index contributed by atoms with van der Waals surface area (Å²) in [6, 6.07) is 37.0. The SMILES string of the molecule is O=C(OCCCCCCCCC[P+](c1ccccc1)(c1ccccc1)c1ccccc1)c1ccc(O)cc1O.[Br-]. The molecule has 6 heteroatoms. The number of esters is 1. The zero-order chi connectivity index (χ0) is 27.3. The average Bonchev–Trinajstić information content (AvgIpc) is 2.97. The summed E-state index contributed by atoms with van der Waals surface area (Å²) >= 11 is 0. The number of rotatable bonds is 14. The van der Waals surface area contributed by atoms with Crippen molar-refractivity contribution >= 4 is 29.1 Å². The minimum atomic E-state index is -1.75. The maximum absolute atomic E-state index is 12.1. The van der Waals surface area contributed by atoms with Crippen molar-refractivity contribution in [2.75, 3.05) is 12.8 Å². The van der Waals surface area contributed by atoms with Gasteiger partial charge in [0.25, 0.3) is 0 Å². The summed E-state index contributed by atoms with van der Waals surface area (Å²) in [6.45, 7) is 0.331. The van der Waals surface area contributed by atoms with E-state index in [-0.39, 0.29) is 34.0 Å². The van der Waals surface area contributed by atoms with E-state index in [1.807, 2.05) is 0 Å². The van der Waals surface area contributed by atoms with Crippen LogP contribution < -0.4 is 32.9 Å². The Balaban J connectivity index is 0.00000441. The van der Waals surface area contributed by atoms with E-state index < -0.39 is 13.2 Å². The van der Waals surface area contributed by atoms with E-state index in [2.05, 4.69) is 91.0 Å². The molecule has 0 unspecified atom stereocenters. The topological polar surface area (TPSA) is 66.8 Å². The van der Waals surface area contributed by atoms with Crippen LogP contribution >= 0.6 is 7.26 Å². The zero-order valence-corrected chi connectivity index (χ0v) is 25.3. The molecule has 0 fully saturated rings. The molecule has 0 radical (unpaired) electrons. The molecule has 4 nitrogen and oxygen atoms in total. The molecule has 2 N–H and O–H groups in total. The second kappa shape index (κ2) is 16.2. The van der Waals surface area contributed by atoms with E-state index in [4.69, 9.17) is 4.74 Å². The quantitative estimate of drug-likeness (QED) is 0.127. The molecule has 0 aromatic heterocycles. The minimum absolute atomic E-state index is 0. The molecule has 0 atom stereocenters. The molecule has 0 heterocycles. The molecule has 4 rings (SSSR count). The maximum Gasteiger partial charge on any atom is 0.341 e. The number of unbranched alkanes of at least 4 members (excludes halogenated alkanes) is 6. The van der Waals surface area contributed by atoms with Crippen LogP contribution in [-0.2, 0) is 4.74 Å². The van der Waals surface area contributed by atoms with Crippen LogP contribution in [0.4, 0.5) is 0 Å². The lowest BCUT2D eigenvalue weighted by atomic mass is 10.1. The predicted octanol–water partition coefficient (Wildman–Crippen LogP) is 3.98. The van der Waals surface area contributed by atoms with Gasteiger partial charge in [-0.15, -0.1) is 0 Å². The standard InChI is InChI=1S/C34H37O4P.BrH/c35-28-23-24-32(33(36)27-28)34(37)38-25-15-4-2-1-3-5-16-26-39(29-17-9-6-10-18-29,30-19-11-7-12-20-30)31-21-13-8-14-22-31;/h6-14,17-24,27H,1-5,15-16,25-26H2,(H-,35,36,37);1H. The van der Waals surface area contributed by atoms with E-state index >= 15 is 0 Å². The first-order valence-corrected chi connectivity index (χ1v) is 15.8. The first kappa shape index (κ1) is 31.4. The van der Waals surface area contributed by atoms with Gasteiger partial charge in [-0.2, -0.15) is 0 Å². The van der Waals surface area contributed by atoms with Gasteiger partial charge < -0.3 is 31.9 Å². The molecule has 4 aromatic rings. The number of phenols is 2. The average molecular weight is 622 g/mol. The Labute approximate surface area is 249 Å². The van der Waals surface area contributed by atoms with Crippen molar-refractivity contribution in [3.05, 3.63) is 115 Å². The van der Waals surface area contributed by atoms with Crippen LogP contribution in [0.3, 0.4) is 0 Å². The highest BCUT2D eigenvalue weighted by atomic mass is 79.9. The first-order valence-electron chi connectivity index (χ1n) is 13.9. The van der Waals surface area contributed by atoms with Crippen LogP contribution in [0.2, 0.25) is 0 Å². The number of ether oxygens (including phenoxy) is 1. The molecular weight excluding hydrogens is 583 g/mol. The van der Waals surface area contributed by atoms with E-state index in [0.717, 1.165) is 31.5 Å². The third-order valence-electron chi connectivity index (χ3n) is 7.16. The Morgan fingerprint density at radius 1 is 0.600 bits per heavy atom. The van der Waals surface area contributed by atoms with Gasteiger partial charge in [0.2, 0.25) is 0 Å². The van der Waals surface area contributed by atoms with Crippen LogP contribution in [0.5, 0.6) is 11.5 Å². The van der Waals surface area contributed by atoms with Crippen LogP contribution in [0, 0.1) is 0 Å². The van der Waals surface area contributed by atoms with Gasteiger partial charge in [0.05, 0.1) is 12.8 Å². The highest BCUT2D eigenvalue weighted by Crippen LogP contribution is 2.56. The van der Waals surface area contributed by atoms with Gasteiger partial charge >= 0.3 is 5.97 Å². The summed E-state index contributed by atoms with van der Waals surface area (Å²) in [5.41, 5.74) is 0.0771. The van der Waals surface area contributed by atoms with Crippen LogP contribution in [-0.4, -0.2) is 29.0 Å². The summed E-state index contributed by atoms with van der Waals surface area (Å²) < 4.78 is 5.28. The Hall–Kier alpha value is -3.14. The lowest BCUT2D eigenvalue weighted by molar-refractivity contribution is -0.0000293. The Kier molecular flexibility index (Phi) is 12.7. The molecule has 0 amide bonds. The van der Waals surface area contributed by atoms with Crippen molar-refractivity contribution in [3.63, 3.8) is 0 Å². The molecule has 0 aliphatic rings. The number of benzene rings is 4. The van der Waals surface area contributed by atoms with Gasteiger partial charge in [0, 0.05) is 6.07 Å². The zero-order valence-electron chi connectivity index (χ0n) is 22.8. The Morgan fingerprint density at radius 2 is 1.05 bits per heavy atom. The van der Waals surface area contributed by atoms with Crippen molar-refractivity contribution in [3.8, 4) is 11.5 Å². The minimum Gasteiger partial charge on any atom is -1.00 e. The van der Waals surface area contributed by atoms with Crippen LogP contribution in [0.15, 0.2) is 109 Å². The van der Waals surface area contributed by atoms with Crippen molar-refractivity contribution in [2.45, 2.75) is 44.9 Å². The molecular formula is C34H38BrO4P. The number of hydrogen-bond donors (Lipinski definition) is 2. The third kappa shape index (κ3) is 8.19. The fourth-order valence-corrected chi connectivity index (χ4v) is 9.56. The number of halogens is 1. The summed E-state index contributed by atoms with van der Waals surface area (Å²) in [5, 5.41) is 23.5. The molecule has 0 saturated carbocycles. The molecule has 40 heavy (non-hydrogen) atoms. The van der Waals surface area contributed by atoms with Gasteiger partial charge in [-0.1, -0.05) is 80.3 Å². The molecule has 0 bridgehead atoms. The molecule has 0 aliphatic heterocycles. The predicted molar refractivity (Wildman–Crippen MR) is 162 cm³/mol. The summed E-state index contributed by atoms with van der Waals surface area (Å²) in [7, 11) is -1.75. The number of carbonyl (C=O) groups is 1. The molecule has 0 saturated heterocycles. The molecule has 0 aliphatic carbocycles. The van der Waals surface area contributed by atoms with Crippen LogP contribution in [0.1, 0.15) is 55.3 Å². The van der Waals surface area contributed by atoms with Gasteiger partial charge in [-0.05, 0) is 67.8 Å². The van der Waals surface area contributed by atoms with Crippen molar-refractivity contribution < 1.29 is 36.7 Å². The highest BCUT2D eigenvalue weighted by molar-refractivity contribution is 7.95. The van der Waals surface area contributed by atoms with Crippen molar-refractivity contribution in [1.82, 2.24) is 0 Å². The fourth-order valence-electron chi connectivity index (χ4n) is 5.15. The maximum atomic E-state index is 12.1. The van der Waals surface area contributed by atoms with Crippen molar-refractivity contribution in [2.24, 2.45) is 0 Å². The summed E-state index contributed by atoms with van der Waals surface area (Å²) in [6.07, 6.45) is 8.81. The molecule has 0 spiro atoms. The van der Waals surface area contributed by atoms with Gasteiger partial charge in [-0.3, -0.25) is 0 Å². The van der Waals surface area contributed by atoms with Gasteiger partial charge in [0.15, 0.2) is 0 Å². The van der Waals surface area contributed by atoms with E-state index in [9.17, 15) is 15.0 Å².